The molecule has 2 aromatic carbocycles. The van der Waals surface area contributed by atoms with Crippen molar-refractivity contribution in [2.75, 3.05) is 17.4 Å². The molecule has 27 heavy (non-hydrogen) atoms. The van der Waals surface area contributed by atoms with Crippen LogP contribution in [0.25, 0.3) is 10.8 Å². The standard InChI is InChI=1S/C20H20N4O2S/c1-14-2-4-15(5-3-14)17-12-23-27(25,26)24(13-17)18-6-7-19-16(10-18)8-9-22-20(19)11-21/h2-10,17,23,25-26H,12-13H2,1H3/t17-/m0/s1. The predicted octanol–water partition coefficient (Wildman–Crippen LogP) is 4.19. The van der Waals surface area contributed by atoms with Gasteiger partial charge in [0.2, 0.25) is 0 Å². The third-order valence-corrected chi connectivity index (χ3v) is 6.44. The van der Waals surface area contributed by atoms with Crippen molar-refractivity contribution in [2.24, 2.45) is 0 Å². The highest BCUT2D eigenvalue weighted by molar-refractivity contribution is 8.23. The Kier molecular flexibility index (Phi) is 4.50. The van der Waals surface area contributed by atoms with Crippen LogP contribution < -0.4 is 9.03 Å². The van der Waals surface area contributed by atoms with Crippen LogP contribution in [0.5, 0.6) is 0 Å². The topological polar surface area (TPSA) is 92.4 Å². The van der Waals surface area contributed by atoms with Crippen molar-refractivity contribution < 1.29 is 9.11 Å². The number of pyridine rings is 1. The quantitative estimate of drug-likeness (QED) is 0.617. The van der Waals surface area contributed by atoms with Crippen molar-refractivity contribution in [1.29, 1.82) is 5.26 Å². The molecule has 0 saturated carbocycles. The van der Waals surface area contributed by atoms with Crippen molar-refractivity contribution in [2.45, 2.75) is 12.8 Å². The van der Waals surface area contributed by atoms with Gasteiger partial charge in [-0.15, -0.1) is 0 Å². The summed E-state index contributed by atoms with van der Waals surface area (Å²) >= 11 is 0. The van der Waals surface area contributed by atoms with E-state index in [-0.39, 0.29) is 5.92 Å². The van der Waals surface area contributed by atoms with E-state index in [4.69, 9.17) is 0 Å². The molecule has 0 aliphatic carbocycles. The number of hydrogen-bond acceptors (Lipinski definition) is 6. The normalized spacial score (nSPS) is 20.2. The number of nitrogens with one attached hydrogen (secondary N) is 1. The van der Waals surface area contributed by atoms with Crippen molar-refractivity contribution in [1.82, 2.24) is 9.71 Å². The van der Waals surface area contributed by atoms with Crippen molar-refractivity contribution in [3.8, 4) is 6.07 Å². The van der Waals surface area contributed by atoms with Crippen LogP contribution >= 0.6 is 11.0 Å². The molecule has 0 amide bonds. The molecule has 0 bridgehead atoms. The minimum Gasteiger partial charge on any atom is -0.269 e. The zero-order valence-electron chi connectivity index (χ0n) is 14.8. The van der Waals surface area contributed by atoms with E-state index in [9.17, 15) is 14.4 Å². The predicted molar refractivity (Wildman–Crippen MR) is 109 cm³/mol. The summed E-state index contributed by atoms with van der Waals surface area (Å²) < 4.78 is 25.6. The Morgan fingerprint density at radius 1 is 1.19 bits per heavy atom. The van der Waals surface area contributed by atoms with Crippen LogP contribution in [-0.2, 0) is 0 Å². The fourth-order valence-corrected chi connectivity index (χ4v) is 4.76. The first kappa shape index (κ1) is 17.8. The number of benzene rings is 2. The number of nitrogens with zero attached hydrogens (tertiary/aromatic N) is 3. The van der Waals surface area contributed by atoms with Gasteiger partial charge in [-0.25, -0.2) is 9.71 Å². The Labute approximate surface area is 159 Å². The molecule has 3 aromatic rings. The molecule has 0 radical (unpaired) electrons. The van der Waals surface area contributed by atoms with E-state index in [1.54, 1.807) is 22.6 Å². The summed E-state index contributed by atoms with van der Waals surface area (Å²) in [5.41, 5.74) is 3.41. The monoisotopic (exact) mass is 380 g/mol. The van der Waals surface area contributed by atoms with Gasteiger partial charge in [-0.3, -0.25) is 13.4 Å². The Balaban J connectivity index is 1.70. The first-order valence-electron chi connectivity index (χ1n) is 8.64. The van der Waals surface area contributed by atoms with Crippen LogP contribution in [0, 0.1) is 18.3 Å². The van der Waals surface area contributed by atoms with E-state index in [0.29, 0.717) is 24.5 Å². The van der Waals surface area contributed by atoms with Crippen LogP contribution in [0.3, 0.4) is 0 Å². The lowest BCUT2D eigenvalue weighted by molar-refractivity contribution is 0.441. The number of anilines is 1. The van der Waals surface area contributed by atoms with E-state index >= 15 is 0 Å². The van der Waals surface area contributed by atoms with Crippen molar-refractivity contribution >= 4 is 27.4 Å². The molecule has 1 aliphatic rings. The zero-order chi connectivity index (χ0) is 19.0. The second-order valence-electron chi connectivity index (χ2n) is 6.71. The molecule has 4 rings (SSSR count). The van der Waals surface area contributed by atoms with Crippen LogP contribution in [0.1, 0.15) is 22.7 Å². The number of rotatable bonds is 2. The van der Waals surface area contributed by atoms with Gasteiger partial charge in [0.25, 0.3) is 0 Å². The lowest BCUT2D eigenvalue weighted by Crippen LogP contribution is -2.47. The number of nitriles is 1. The first-order valence-corrected chi connectivity index (χ1v) is 10.1. The third kappa shape index (κ3) is 3.36. The van der Waals surface area contributed by atoms with Crippen LogP contribution in [0.2, 0.25) is 0 Å². The SMILES string of the molecule is Cc1ccc([C@H]2CNS(O)(O)N(c3ccc4c(C#N)nccc4c3)C2)cc1. The highest BCUT2D eigenvalue weighted by atomic mass is 32.3. The zero-order valence-corrected chi connectivity index (χ0v) is 15.6. The number of fused-ring (bicyclic) bond motifs is 1. The van der Waals surface area contributed by atoms with Gasteiger partial charge in [0.05, 0.1) is 5.69 Å². The summed E-state index contributed by atoms with van der Waals surface area (Å²) in [6.45, 7) is 3.03. The molecule has 1 aromatic heterocycles. The van der Waals surface area contributed by atoms with Crippen LogP contribution in [-0.4, -0.2) is 27.2 Å². The van der Waals surface area contributed by atoms with E-state index in [1.807, 2.05) is 19.1 Å². The van der Waals surface area contributed by atoms with Crippen molar-refractivity contribution in [3.63, 3.8) is 0 Å². The molecule has 6 nitrogen and oxygen atoms in total. The number of hydrogen-bond donors (Lipinski definition) is 3. The molecule has 1 atom stereocenters. The van der Waals surface area contributed by atoms with Gasteiger partial charge in [-0.2, -0.15) is 5.26 Å². The molecule has 1 aliphatic heterocycles. The van der Waals surface area contributed by atoms with Gasteiger partial charge < -0.3 is 0 Å². The smallest absolute Gasteiger partial charge is 0.148 e. The lowest BCUT2D eigenvalue weighted by atomic mass is 9.98. The molecular weight excluding hydrogens is 360 g/mol. The minimum absolute atomic E-state index is 0.133. The summed E-state index contributed by atoms with van der Waals surface area (Å²) in [6, 6.07) is 17.7. The Hall–Kier alpha value is -2.63. The van der Waals surface area contributed by atoms with Crippen LogP contribution in [0.15, 0.2) is 54.7 Å². The molecule has 7 heteroatoms. The molecule has 3 N–H and O–H groups in total. The number of aromatic nitrogens is 1. The molecular formula is C20H20N4O2S. The molecule has 1 fully saturated rings. The number of aryl methyl sites for hydroxylation is 1. The van der Waals surface area contributed by atoms with Crippen molar-refractivity contribution in [3.05, 3.63) is 71.5 Å². The van der Waals surface area contributed by atoms with E-state index < -0.39 is 11.0 Å². The van der Waals surface area contributed by atoms with Gasteiger partial charge >= 0.3 is 0 Å². The summed E-state index contributed by atoms with van der Waals surface area (Å²) in [5.74, 6) is 0.133. The largest absolute Gasteiger partial charge is 0.269 e. The highest BCUT2D eigenvalue weighted by Gasteiger charge is 2.32. The van der Waals surface area contributed by atoms with E-state index in [2.05, 4.69) is 40.0 Å². The Morgan fingerprint density at radius 2 is 1.96 bits per heavy atom. The fourth-order valence-electron chi connectivity index (χ4n) is 3.38. The van der Waals surface area contributed by atoms with E-state index in [1.165, 1.54) is 5.56 Å². The maximum atomic E-state index is 10.6. The first-order chi connectivity index (χ1) is 13.0. The molecule has 138 valence electrons. The highest BCUT2D eigenvalue weighted by Crippen LogP contribution is 2.47. The molecule has 1 saturated heterocycles. The van der Waals surface area contributed by atoms with Gasteiger partial charge in [-0.05, 0) is 42.1 Å². The third-order valence-electron chi connectivity index (χ3n) is 4.91. The summed E-state index contributed by atoms with van der Waals surface area (Å²) in [7, 11) is -3.11. The van der Waals surface area contributed by atoms with Crippen LogP contribution in [0.4, 0.5) is 5.69 Å². The second-order valence-corrected chi connectivity index (χ2v) is 8.48. The molecule has 2 heterocycles. The average Bonchev–Trinajstić information content (AvgIpc) is 2.67. The summed E-state index contributed by atoms with van der Waals surface area (Å²) in [5, 5.41) is 10.8. The lowest BCUT2D eigenvalue weighted by Gasteiger charge is -2.49. The van der Waals surface area contributed by atoms with Gasteiger partial charge in [0, 0.05) is 30.6 Å². The summed E-state index contributed by atoms with van der Waals surface area (Å²) in [6.07, 6.45) is 1.59. The minimum atomic E-state index is -3.11. The average molecular weight is 380 g/mol. The maximum Gasteiger partial charge on any atom is 0.148 e. The maximum absolute atomic E-state index is 10.6. The Morgan fingerprint density at radius 3 is 2.70 bits per heavy atom. The van der Waals surface area contributed by atoms with Gasteiger partial charge in [0.1, 0.15) is 11.8 Å². The molecule has 0 spiro atoms. The fraction of sp³-hybridized carbons (Fsp3) is 0.200. The van der Waals surface area contributed by atoms with E-state index in [0.717, 1.165) is 16.3 Å². The Bertz CT molecular complexity index is 1030. The second kappa shape index (κ2) is 6.83. The van der Waals surface area contributed by atoms with Gasteiger partial charge in [0.15, 0.2) is 0 Å². The summed E-state index contributed by atoms with van der Waals surface area (Å²) in [4.78, 5) is 4.07. The molecule has 0 unspecified atom stereocenters. The van der Waals surface area contributed by atoms with Gasteiger partial charge in [-0.1, -0.05) is 40.8 Å².